The van der Waals surface area contributed by atoms with E-state index in [1.807, 2.05) is 18.2 Å². The fourth-order valence-electron chi connectivity index (χ4n) is 2.63. The third-order valence-corrected chi connectivity index (χ3v) is 4.09. The molecule has 0 aliphatic rings. The molecule has 3 aromatic rings. The van der Waals surface area contributed by atoms with E-state index in [1.54, 1.807) is 34.9 Å². The van der Waals surface area contributed by atoms with Gasteiger partial charge in [-0.3, -0.25) is 9.59 Å². The molecule has 0 unspecified atom stereocenters. The fraction of sp³-hybridized carbons (Fsp3) is 0.111. The summed E-state index contributed by atoms with van der Waals surface area (Å²) in [5.41, 5.74) is 2.48. The molecule has 2 heterocycles. The van der Waals surface area contributed by atoms with Gasteiger partial charge in [-0.1, -0.05) is 23.7 Å². The topological polar surface area (TPSA) is 59.8 Å². The molecule has 0 aliphatic heterocycles. The van der Waals surface area contributed by atoms with Crippen LogP contribution < -0.4 is 10.1 Å². The van der Waals surface area contributed by atoms with Crippen LogP contribution in [0.4, 0.5) is 0 Å². The van der Waals surface area contributed by atoms with Gasteiger partial charge in [0, 0.05) is 24.3 Å². The normalized spacial score (nSPS) is 10.6. The number of nitrogens with one attached hydrogen (secondary N) is 1. The molecule has 6 heteroatoms. The molecular formula is C18H15ClN2O3. The third-order valence-electron chi connectivity index (χ3n) is 3.79. The molecule has 1 aromatic carbocycles. The lowest BCUT2D eigenvalue weighted by Gasteiger charge is -2.08. The molecule has 0 spiro atoms. The van der Waals surface area contributed by atoms with Gasteiger partial charge in [-0.2, -0.15) is 0 Å². The van der Waals surface area contributed by atoms with Gasteiger partial charge in [0.15, 0.2) is 0 Å². The third kappa shape index (κ3) is 2.63. The highest BCUT2D eigenvalue weighted by Gasteiger charge is 2.24. The van der Waals surface area contributed by atoms with Crippen molar-refractivity contribution in [3.8, 4) is 16.9 Å². The van der Waals surface area contributed by atoms with Crippen molar-refractivity contribution in [3.63, 3.8) is 0 Å². The fourth-order valence-corrected chi connectivity index (χ4v) is 2.89. The second-order valence-electron chi connectivity index (χ2n) is 5.16. The van der Waals surface area contributed by atoms with Gasteiger partial charge < -0.3 is 14.5 Å². The average Bonchev–Trinajstić information content (AvgIpc) is 2.99. The maximum absolute atomic E-state index is 12.6. The first-order valence-corrected chi connectivity index (χ1v) is 7.65. The van der Waals surface area contributed by atoms with Crippen molar-refractivity contribution in [2.45, 2.75) is 0 Å². The maximum Gasteiger partial charge on any atom is 0.293 e. The van der Waals surface area contributed by atoms with Crippen molar-refractivity contribution in [2.75, 3.05) is 14.2 Å². The van der Waals surface area contributed by atoms with Crippen LogP contribution in [-0.4, -0.2) is 30.2 Å². The highest BCUT2D eigenvalue weighted by atomic mass is 35.5. The lowest BCUT2D eigenvalue weighted by Crippen LogP contribution is -2.28. The quantitative estimate of drug-likeness (QED) is 0.585. The minimum absolute atomic E-state index is 0.297. The number of hydrogen-bond acceptors (Lipinski definition) is 3. The average molecular weight is 343 g/mol. The maximum atomic E-state index is 12.6. The number of pyridine rings is 1. The second kappa shape index (κ2) is 6.37. The molecule has 1 N–H and O–H groups in total. The van der Waals surface area contributed by atoms with Crippen LogP contribution in [0, 0.1) is 0 Å². The SMILES string of the molecule is CNC(=O)C(=O)c1c(-c2ccc(OC)c(Cl)c2)cc2ccccn12. The number of carbonyl (C=O) groups is 2. The summed E-state index contributed by atoms with van der Waals surface area (Å²) < 4.78 is 6.86. The molecule has 0 bridgehead atoms. The molecule has 0 aliphatic carbocycles. The highest BCUT2D eigenvalue weighted by Crippen LogP contribution is 2.33. The second-order valence-corrected chi connectivity index (χ2v) is 5.57. The number of methoxy groups -OCH3 is 1. The first-order valence-electron chi connectivity index (χ1n) is 7.27. The summed E-state index contributed by atoms with van der Waals surface area (Å²) in [5.74, 6) is -0.728. The number of benzene rings is 1. The molecular weight excluding hydrogens is 328 g/mol. The molecule has 0 fully saturated rings. The number of aromatic nitrogens is 1. The Morgan fingerprint density at radius 1 is 1.17 bits per heavy atom. The molecule has 0 saturated carbocycles. The number of Topliss-reactive ketones (excluding diaryl/α,β-unsaturated/α-hetero) is 1. The Bertz CT molecular complexity index is 947. The van der Waals surface area contributed by atoms with Gasteiger partial charge in [0.05, 0.1) is 12.1 Å². The van der Waals surface area contributed by atoms with E-state index >= 15 is 0 Å². The van der Waals surface area contributed by atoms with E-state index in [9.17, 15) is 9.59 Å². The summed E-state index contributed by atoms with van der Waals surface area (Å²) >= 11 is 6.20. The predicted molar refractivity (Wildman–Crippen MR) is 92.8 cm³/mol. The predicted octanol–water partition coefficient (Wildman–Crippen LogP) is 3.20. The Hall–Kier alpha value is -2.79. The number of rotatable bonds is 4. The van der Waals surface area contributed by atoms with Crippen LogP contribution in [0.5, 0.6) is 5.75 Å². The van der Waals surface area contributed by atoms with Crippen LogP contribution in [0.2, 0.25) is 5.02 Å². The zero-order chi connectivity index (χ0) is 17.3. The number of halogens is 1. The molecule has 0 saturated heterocycles. The standard InChI is InChI=1S/C18H15ClN2O3/c1-20-18(23)17(22)16-13(10-12-5-3-4-8-21(12)16)11-6-7-15(24-2)14(19)9-11/h3-10H,1-2H3,(H,20,23). The van der Waals surface area contributed by atoms with Crippen molar-refractivity contribution in [3.05, 3.63) is 59.4 Å². The molecule has 1 amide bonds. The van der Waals surface area contributed by atoms with Crippen LogP contribution in [0.15, 0.2) is 48.7 Å². The van der Waals surface area contributed by atoms with E-state index < -0.39 is 11.7 Å². The lowest BCUT2D eigenvalue weighted by molar-refractivity contribution is -0.116. The largest absolute Gasteiger partial charge is 0.495 e. The van der Waals surface area contributed by atoms with Gasteiger partial charge in [-0.05, 0) is 35.9 Å². The number of likely N-dealkylation sites (N-methyl/N-ethyl adjacent to an activating group) is 1. The Morgan fingerprint density at radius 3 is 2.62 bits per heavy atom. The Balaban J connectivity index is 2.26. The van der Waals surface area contributed by atoms with E-state index in [-0.39, 0.29) is 0 Å². The molecule has 5 nitrogen and oxygen atoms in total. The first-order chi connectivity index (χ1) is 11.6. The Labute approximate surface area is 143 Å². The number of fused-ring (bicyclic) bond motifs is 1. The van der Waals surface area contributed by atoms with Gasteiger partial charge in [-0.15, -0.1) is 0 Å². The monoisotopic (exact) mass is 342 g/mol. The van der Waals surface area contributed by atoms with Crippen molar-refractivity contribution in [1.29, 1.82) is 0 Å². The van der Waals surface area contributed by atoms with Crippen molar-refractivity contribution in [1.82, 2.24) is 9.72 Å². The summed E-state index contributed by atoms with van der Waals surface area (Å²) in [7, 11) is 2.97. The smallest absolute Gasteiger partial charge is 0.293 e. The van der Waals surface area contributed by atoms with E-state index in [0.29, 0.717) is 22.0 Å². The summed E-state index contributed by atoms with van der Waals surface area (Å²) in [6.45, 7) is 0. The molecule has 3 rings (SSSR count). The summed E-state index contributed by atoms with van der Waals surface area (Å²) in [6, 6.07) is 12.7. The molecule has 122 valence electrons. The van der Waals surface area contributed by atoms with Crippen LogP contribution in [0.25, 0.3) is 16.6 Å². The van der Waals surface area contributed by atoms with Crippen LogP contribution in [0.3, 0.4) is 0 Å². The summed E-state index contributed by atoms with van der Waals surface area (Å²) in [6.07, 6.45) is 1.75. The van der Waals surface area contributed by atoms with Gasteiger partial charge >= 0.3 is 0 Å². The minimum atomic E-state index is -0.667. The number of ether oxygens (including phenoxy) is 1. The highest BCUT2D eigenvalue weighted by molar-refractivity contribution is 6.43. The van der Waals surface area contributed by atoms with Crippen molar-refractivity contribution < 1.29 is 14.3 Å². The van der Waals surface area contributed by atoms with E-state index in [2.05, 4.69) is 5.32 Å². The minimum Gasteiger partial charge on any atom is -0.495 e. The number of hydrogen-bond donors (Lipinski definition) is 1. The van der Waals surface area contributed by atoms with Crippen molar-refractivity contribution in [2.24, 2.45) is 0 Å². The zero-order valence-corrected chi connectivity index (χ0v) is 13.9. The van der Waals surface area contributed by atoms with E-state index in [1.165, 1.54) is 14.2 Å². The van der Waals surface area contributed by atoms with Gasteiger partial charge in [-0.25, -0.2) is 0 Å². The number of ketones is 1. The van der Waals surface area contributed by atoms with Gasteiger partial charge in [0.2, 0.25) is 0 Å². The van der Waals surface area contributed by atoms with Crippen LogP contribution in [0.1, 0.15) is 10.5 Å². The first kappa shape index (κ1) is 16.1. The van der Waals surface area contributed by atoms with Crippen LogP contribution in [-0.2, 0) is 4.79 Å². The lowest BCUT2D eigenvalue weighted by atomic mass is 10.0. The molecule has 0 atom stereocenters. The van der Waals surface area contributed by atoms with E-state index in [4.69, 9.17) is 16.3 Å². The molecule has 0 radical (unpaired) electrons. The van der Waals surface area contributed by atoms with Crippen LogP contribution >= 0.6 is 11.6 Å². The summed E-state index contributed by atoms with van der Waals surface area (Å²) in [4.78, 5) is 24.4. The van der Waals surface area contributed by atoms with Crippen molar-refractivity contribution >= 4 is 28.8 Å². The Morgan fingerprint density at radius 2 is 1.96 bits per heavy atom. The number of carbonyl (C=O) groups excluding carboxylic acids is 2. The molecule has 24 heavy (non-hydrogen) atoms. The van der Waals surface area contributed by atoms with E-state index in [0.717, 1.165) is 11.1 Å². The number of amides is 1. The number of nitrogens with zero attached hydrogens (tertiary/aromatic N) is 1. The zero-order valence-electron chi connectivity index (χ0n) is 13.2. The Kier molecular flexibility index (Phi) is 4.27. The summed E-state index contributed by atoms with van der Waals surface area (Å²) in [5, 5.41) is 2.81. The molecule has 2 aromatic heterocycles. The van der Waals surface area contributed by atoms with Gasteiger partial charge in [0.25, 0.3) is 11.7 Å². The van der Waals surface area contributed by atoms with Gasteiger partial charge in [0.1, 0.15) is 11.4 Å².